The average molecular weight is 464 g/mol. The molecule has 0 atom stereocenters. The van der Waals surface area contributed by atoms with E-state index in [1.807, 2.05) is 30.3 Å². The summed E-state index contributed by atoms with van der Waals surface area (Å²) >= 11 is 3.32. The second-order valence-electron chi connectivity index (χ2n) is 6.11. The number of hydrogen-bond acceptors (Lipinski definition) is 5. The van der Waals surface area contributed by atoms with Crippen LogP contribution in [0.5, 0.6) is 0 Å². The van der Waals surface area contributed by atoms with E-state index in [4.69, 9.17) is 4.42 Å². The molecule has 0 aliphatic rings. The van der Waals surface area contributed by atoms with Gasteiger partial charge >= 0.3 is 0 Å². The number of halogens is 1. The summed E-state index contributed by atoms with van der Waals surface area (Å²) in [5.41, 5.74) is 2.76. The fourth-order valence-electron chi connectivity index (χ4n) is 2.69. The number of carbonyl (C=O) groups is 1. The quantitative estimate of drug-likeness (QED) is 0.447. The highest BCUT2D eigenvalue weighted by atomic mass is 79.9. The zero-order chi connectivity index (χ0) is 20.3. The molecular formula is C19H18BrN3O4S. The van der Waals surface area contributed by atoms with Crippen LogP contribution in [0, 0.1) is 6.92 Å². The molecule has 0 aliphatic carbocycles. The zero-order valence-electron chi connectivity index (χ0n) is 15.2. The van der Waals surface area contributed by atoms with Crippen molar-refractivity contribution in [1.29, 1.82) is 0 Å². The van der Waals surface area contributed by atoms with Gasteiger partial charge in [0.15, 0.2) is 0 Å². The molecule has 1 amide bonds. The van der Waals surface area contributed by atoms with Crippen molar-refractivity contribution in [2.75, 3.05) is 17.1 Å². The number of aryl methyl sites for hydroxylation is 1. The van der Waals surface area contributed by atoms with Crippen molar-refractivity contribution in [2.45, 2.75) is 6.92 Å². The van der Waals surface area contributed by atoms with E-state index in [0.29, 0.717) is 17.2 Å². The first kappa shape index (κ1) is 20.1. The van der Waals surface area contributed by atoms with Gasteiger partial charge in [0.1, 0.15) is 18.1 Å². The first-order valence-electron chi connectivity index (χ1n) is 8.29. The molecule has 1 aromatic heterocycles. The van der Waals surface area contributed by atoms with Gasteiger partial charge in [-0.05, 0) is 34.3 Å². The van der Waals surface area contributed by atoms with Crippen molar-refractivity contribution < 1.29 is 17.6 Å². The van der Waals surface area contributed by atoms with Crippen LogP contribution >= 0.6 is 15.9 Å². The molecule has 3 aromatic rings. The summed E-state index contributed by atoms with van der Waals surface area (Å²) in [6, 6.07) is 14.4. The molecule has 0 bridgehead atoms. The number of amides is 1. The van der Waals surface area contributed by atoms with Gasteiger partial charge in [-0.15, -0.1) is 0 Å². The SMILES string of the molecule is Cc1oc(C=NNC(=O)CN(c2cccc3ccccc23)S(C)(=O)=O)cc1Br. The van der Waals surface area contributed by atoms with Gasteiger partial charge in [0.2, 0.25) is 10.0 Å². The Labute approximate surface area is 171 Å². The number of fused-ring (bicyclic) bond motifs is 1. The number of carbonyl (C=O) groups excluding carboxylic acids is 1. The number of nitrogens with zero attached hydrogens (tertiary/aromatic N) is 2. The maximum atomic E-state index is 12.3. The Hall–Kier alpha value is -2.65. The predicted octanol–water partition coefficient (Wildman–Crippen LogP) is 3.42. The van der Waals surface area contributed by atoms with Crippen LogP contribution in [0.4, 0.5) is 5.69 Å². The Kier molecular flexibility index (Phi) is 5.85. The van der Waals surface area contributed by atoms with Gasteiger partial charge in [-0.25, -0.2) is 13.8 Å². The molecule has 2 aromatic carbocycles. The lowest BCUT2D eigenvalue weighted by molar-refractivity contribution is -0.119. The van der Waals surface area contributed by atoms with Crippen molar-refractivity contribution in [2.24, 2.45) is 5.10 Å². The van der Waals surface area contributed by atoms with Gasteiger partial charge < -0.3 is 4.42 Å². The van der Waals surface area contributed by atoms with Crippen molar-refractivity contribution in [3.63, 3.8) is 0 Å². The van der Waals surface area contributed by atoms with Gasteiger partial charge in [0, 0.05) is 11.5 Å². The van der Waals surface area contributed by atoms with Crippen LogP contribution in [-0.4, -0.2) is 33.3 Å². The molecule has 9 heteroatoms. The summed E-state index contributed by atoms with van der Waals surface area (Å²) in [7, 11) is -3.69. The van der Waals surface area contributed by atoms with Crippen LogP contribution in [0.3, 0.4) is 0 Å². The third-order valence-corrected chi connectivity index (χ3v) is 5.89. The van der Waals surface area contributed by atoms with Gasteiger partial charge in [-0.1, -0.05) is 36.4 Å². The van der Waals surface area contributed by atoms with Crippen LogP contribution in [0.15, 0.2) is 62.5 Å². The van der Waals surface area contributed by atoms with E-state index < -0.39 is 22.5 Å². The predicted molar refractivity (Wildman–Crippen MR) is 113 cm³/mol. The second kappa shape index (κ2) is 8.15. The Morgan fingerprint density at radius 3 is 2.64 bits per heavy atom. The highest BCUT2D eigenvalue weighted by Gasteiger charge is 2.22. The number of sulfonamides is 1. The first-order valence-corrected chi connectivity index (χ1v) is 10.9. The maximum absolute atomic E-state index is 12.3. The molecule has 7 nitrogen and oxygen atoms in total. The number of benzene rings is 2. The van der Waals surface area contributed by atoms with E-state index in [0.717, 1.165) is 25.8 Å². The molecule has 0 fully saturated rings. The monoisotopic (exact) mass is 463 g/mol. The molecule has 146 valence electrons. The highest BCUT2D eigenvalue weighted by molar-refractivity contribution is 9.10. The van der Waals surface area contributed by atoms with Crippen LogP contribution in [-0.2, 0) is 14.8 Å². The second-order valence-corrected chi connectivity index (χ2v) is 8.88. The van der Waals surface area contributed by atoms with Crippen LogP contribution in [0.1, 0.15) is 11.5 Å². The number of furan rings is 1. The fraction of sp³-hybridized carbons (Fsp3) is 0.158. The van der Waals surface area contributed by atoms with Gasteiger partial charge in [0.05, 0.1) is 22.6 Å². The van der Waals surface area contributed by atoms with E-state index in [1.165, 1.54) is 6.21 Å². The molecular weight excluding hydrogens is 446 g/mol. The fourth-order valence-corrected chi connectivity index (χ4v) is 3.86. The molecule has 1 N–H and O–H groups in total. The first-order chi connectivity index (χ1) is 13.3. The van der Waals surface area contributed by atoms with E-state index in [9.17, 15) is 13.2 Å². The summed E-state index contributed by atoms with van der Waals surface area (Å²) in [6.45, 7) is 1.39. The topological polar surface area (TPSA) is 92.0 Å². The van der Waals surface area contributed by atoms with E-state index >= 15 is 0 Å². The summed E-state index contributed by atoms with van der Waals surface area (Å²) in [5.74, 6) is 0.572. The molecule has 0 aliphatic heterocycles. The molecule has 0 radical (unpaired) electrons. The number of rotatable bonds is 6. The smallest absolute Gasteiger partial charge is 0.260 e. The summed E-state index contributed by atoms with van der Waals surface area (Å²) in [6.07, 6.45) is 2.41. The third-order valence-electron chi connectivity index (χ3n) is 3.98. The van der Waals surface area contributed by atoms with Crippen LogP contribution < -0.4 is 9.73 Å². The van der Waals surface area contributed by atoms with Crippen molar-refractivity contribution in [3.8, 4) is 0 Å². The Morgan fingerprint density at radius 2 is 1.96 bits per heavy atom. The summed E-state index contributed by atoms with van der Waals surface area (Å²) in [5, 5.41) is 5.45. The summed E-state index contributed by atoms with van der Waals surface area (Å²) < 4.78 is 31.9. The van der Waals surface area contributed by atoms with Crippen molar-refractivity contribution in [1.82, 2.24) is 5.43 Å². The lowest BCUT2D eigenvalue weighted by Gasteiger charge is -2.23. The number of hydrogen-bond donors (Lipinski definition) is 1. The zero-order valence-corrected chi connectivity index (χ0v) is 17.6. The minimum absolute atomic E-state index is 0.398. The van der Waals surface area contributed by atoms with Gasteiger partial charge in [-0.3, -0.25) is 9.10 Å². The lowest BCUT2D eigenvalue weighted by atomic mass is 10.1. The minimum atomic E-state index is -3.69. The van der Waals surface area contributed by atoms with Gasteiger partial charge in [-0.2, -0.15) is 5.10 Å². The number of anilines is 1. The minimum Gasteiger partial charge on any atom is -0.459 e. The standard InChI is InChI=1S/C19H18BrN3O4S/c1-13-17(20)10-15(27-13)11-21-22-19(24)12-23(28(2,25)26)18-9-5-7-14-6-3-4-8-16(14)18/h3-11H,12H2,1-2H3,(H,22,24). The Morgan fingerprint density at radius 1 is 1.25 bits per heavy atom. The van der Waals surface area contributed by atoms with E-state index in [-0.39, 0.29) is 0 Å². The molecule has 0 saturated carbocycles. The largest absolute Gasteiger partial charge is 0.459 e. The van der Waals surface area contributed by atoms with E-state index in [2.05, 4.69) is 26.5 Å². The lowest BCUT2D eigenvalue weighted by Crippen LogP contribution is -2.39. The number of hydrazone groups is 1. The molecule has 3 rings (SSSR count). The third kappa shape index (κ3) is 4.60. The molecule has 0 unspecified atom stereocenters. The molecule has 1 heterocycles. The Balaban J connectivity index is 1.80. The van der Waals surface area contributed by atoms with Gasteiger partial charge in [0.25, 0.3) is 5.91 Å². The average Bonchev–Trinajstić information content (AvgIpc) is 2.96. The molecule has 0 spiro atoms. The van der Waals surface area contributed by atoms with Crippen molar-refractivity contribution >= 4 is 54.5 Å². The number of nitrogens with one attached hydrogen (secondary N) is 1. The Bertz CT molecular complexity index is 1130. The van der Waals surface area contributed by atoms with Crippen molar-refractivity contribution in [3.05, 3.63) is 64.5 Å². The summed E-state index contributed by atoms with van der Waals surface area (Å²) in [4.78, 5) is 12.3. The van der Waals surface area contributed by atoms with E-state index in [1.54, 1.807) is 25.1 Å². The highest BCUT2D eigenvalue weighted by Crippen LogP contribution is 2.28. The molecule has 0 saturated heterocycles. The van der Waals surface area contributed by atoms with Crippen LogP contribution in [0.2, 0.25) is 0 Å². The van der Waals surface area contributed by atoms with Crippen LogP contribution in [0.25, 0.3) is 10.8 Å². The normalized spacial score (nSPS) is 11.8. The maximum Gasteiger partial charge on any atom is 0.260 e. The molecule has 28 heavy (non-hydrogen) atoms.